The van der Waals surface area contributed by atoms with E-state index >= 15 is 0 Å². The van der Waals surface area contributed by atoms with Gasteiger partial charge in [-0.3, -0.25) is 9.36 Å². The number of benzene rings is 2. The van der Waals surface area contributed by atoms with Crippen LogP contribution in [-0.4, -0.2) is 50.1 Å². The molecule has 0 spiro atoms. The Morgan fingerprint density at radius 3 is 2.17 bits per heavy atom. The van der Waals surface area contributed by atoms with Crippen molar-refractivity contribution in [1.82, 2.24) is 19.2 Å². The molecule has 0 amide bonds. The highest BCUT2D eigenvalue weighted by Crippen LogP contribution is 2.28. The maximum absolute atomic E-state index is 13.1. The number of hydrogen-bond acceptors (Lipinski definition) is 4. The molecule has 1 saturated heterocycles. The van der Waals surface area contributed by atoms with Gasteiger partial charge < -0.3 is 10.4 Å². The van der Waals surface area contributed by atoms with Crippen molar-refractivity contribution in [1.29, 1.82) is 0 Å². The minimum atomic E-state index is -0.343. The quantitative estimate of drug-likeness (QED) is 0.484. The fraction of sp³-hybridized carbons (Fsp3) is 0.423. The summed E-state index contributed by atoms with van der Waals surface area (Å²) >= 11 is 0. The van der Waals surface area contributed by atoms with E-state index in [0.29, 0.717) is 23.6 Å². The Hall–Kier alpha value is -2.81. The minimum Gasteiger partial charge on any atom is -0.412 e. The molecule has 2 aromatic carbocycles. The van der Waals surface area contributed by atoms with Crippen molar-refractivity contribution in [2.24, 2.45) is 0 Å². The van der Waals surface area contributed by atoms with Crippen molar-refractivity contribution in [2.75, 3.05) is 19.6 Å². The van der Waals surface area contributed by atoms with Crippen LogP contribution in [0.25, 0.3) is 0 Å². The number of aromatic nitrogens is 3. The maximum atomic E-state index is 13.1. The molecule has 9 heteroatoms. The molecule has 0 atom stereocenters. The van der Waals surface area contributed by atoms with Crippen molar-refractivity contribution in [3.05, 3.63) is 87.3 Å². The number of nitrogens with zero attached hydrogens (tertiary/aromatic N) is 4. The first kappa shape index (κ1) is 26.8. The van der Waals surface area contributed by atoms with Gasteiger partial charge in [-0.25, -0.2) is 13.9 Å². The molecule has 0 saturated carbocycles. The topological polar surface area (TPSA) is 91.6 Å². The zero-order valence-corrected chi connectivity index (χ0v) is 20.5. The first-order chi connectivity index (χ1) is 16.1. The van der Waals surface area contributed by atoms with Gasteiger partial charge in [-0.15, -0.1) is 12.4 Å². The van der Waals surface area contributed by atoms with E-state index in [1.54, 1.807) is 4.68 Å². The van der Waals surface area contributed by atoms with Crippen molar-refractivity contribution < 1.29 is 14.7 Å². The van der Waals surface area contributed by atoms with Gasteiger partial charge in [-0.2, -0.15) is 5.10 Å². The van der Waals surface area contributed by atoms with Crippen LogP contribution in [-0.2, 0) is 19.5 Å². The van der Waals surface area contributed by atoms with Crippen LogP contribution >= 0.6 is 12.4 Å². The summed E-state index contributed by atoms with van der Waals surface area (Å²) in [5, 5.41) is 4.54. The number of halogens is 2. The highest BCUT2D eigenvalue weighted by atomic mass is 35.5. The van der Waals surface area contributed by atoms with Crippen LogP contribution in [0.2, 0.25) is 0 Å². The smallest absolute Gasteiger partial charge is 0.345 e. The SMILES string of the molecule is Cl.O.O=C(c1ccc(F)cc1)c1ccc(C2CCN(CCn3nc4n(c3=O)CCCC4)CC2)cc1. The standard InChI is InChI=1S/C26H29FN4O2.ClH.H2O/c27-23-10-8-22(9-11-23)25(32)21-6-4-19(5-7-21)20-12-15-29(16-13-20)17-18-31-26(33)30-14-2-1-3-24(30)28-31;;/h4-11,20H,1-3,12-18H2;1H;1H2. The molecule has 0 bridgehead atoms. The lowest BCUT2D eigenvalue weighted by Gasteiger charge is -2.32. The summed E-state index contributed by atoms with van der Waals surface area (Å²) < 4.78 is 16.6. The summed E-state index contributed by atoms with van der Waals surface area (Å²) in [6, 6.07) is 13.5. The predicted molar refractivity (Wildman–Crippen MR) is 135 cm³/mol. The Kier molecular flexibility index (Phi) is 8.99. The van der Waals surface area contributed by atoms with Gasteiger partial charge >= 0.3 is 5.69 Å². The number of likely N-dealkylation sites (tertiary alicyclic amines) is 1. The molecular formula is C26H32ClFN4O3. The molecule has 0 unspecified atom stereocenters. The molecule has 3 aromatic rings. The number of carbonyl (C=O) groups is 1. The molecule has 2 aliphatic heterocycles. The number of ketones is 1. The average molecular weight is 503 g/mol. The summed E-state index contributed by atoms with van der Waals surface area (Å²) in [5.41, 5.74) is 2.41. The third kappa shape index (κ3) is 5.89. The van der Waals surface area contributed by atoms with Crippen molar-refractivity contribution >= 4 is 18.2 Å². The van der Waals surface area contributed by atoms with Crippen LogP contribution in [0.3, 0.4) is 0 Å². The highest BCUT2D eigenvalue weighted by Gasteiger charge is 2.22. The lowest BCUT2D eigenvalue weighted by molar-refractivity contribution is 0.103. The first-order valence-corrected chi connectivity index (χ1v) is 11.9. The van der Waals surface area contributed by atoms with Gasteiger partial charge in [0.25, 0.3) is 0 Å². The molecular weight excluding hydrogens is 471 g/mol. The van der Waals surface area contributed by atoms with Gasteiger partial charge in [0.2, 0.25) is 0 Å². The minimum absolute atomic E-state index is 0. The number of piperidine rings is 1. The highest BCUT2D eigenvalue weighted by molar-refractivity contribution is 6.08. The Bertz CT molecular complexity index is 1180. The van der Waals surface area contributed by atoms with E-state index in [0.717, 1.165) is 64.1 Å². The van der Waals surface area contributed by atoms with E-state index < -0.39 is 0 Å². The molecule has 5 rings (SSSR count). The average Bonchev–Trinajstić information content (AvgIpc) is 3.19. The monoisotopic (exact) mass is 502 g/mol. The zero-order chi connectivity index (χ0) is 22.8. The molecule has 3 heterocycles. The van der Waals surface area contributed by atoms with Crippen LogP contribution in [0.5, 0.6) is 0 Å². The molecule has 188 valence electrons. The normalized spacial score (nSPS) is 16.1. The van der Waals surface area contributed by atoms with Gasteiger partial charge in [-0.05, 0) is 74.5 Å². The summed E-state index contributed by atoms with van der Waals surface area (Å²) in [5.74, 6) is 0.974. The van der Waals surface area contributed by atoms with E-state index in [4.69, 9.17) is 0 Å². The number of carbonyl (C=O) groups excluding carboxylic acids is 1. The van der Waals surface area contributed by atoms with Crippen molar-refractivity contribution in [3.8, 4) is 0 Å². The second-order valence-corrected chi connectivity index (χ2v) is 9.10. The lowest BCUT2D eigenvalue weighted by Crippen LogP contribution is -2.37. The first-order valence-electron chi connectivity index (χ1n) is 11.9. The Morgan fingerprint density at radius 2 is 1.54 bits per heavy atom. The largest absolute Gasteiger partial charge is 0.412 e. The lowest BCUT2D eigenvalue weighted by atomic mass is 9.88. The Labute approximate surface area is 210 Å². The number of aryl methyl sites for hydroxylation is 1. The van der Waals surface area contributed by atoms with Gasteiger partial charge in [0, 0.05) is 30.6 Å². The fourth-order valence-electron chi connectivity index (χ4n) is 4.99. The van der Waals surface area contributed by atoms with E-state index in [9.17, 15) is 14.0 Å². The van der Waals surface area contributed by atoms with Gasteiger partial charge in [-0.1, -0.05) is 24.3 Å². The number of hydrogen-bond donors (Lipinski definition) is 0. The molecule has 35 heavy (non-hydrogen) atoms. The van der Waals surface area contributed by atoms with Crippen LogP contribution in [0.15, 0.2) is 53.3 Å². The third-order valence-corrected chi connectivity index (χ3v) is 7.00. The Balaban J connectivity index is 0.00000171. The summed E-state index contributed by atoms with van der Waals surface area (Å²) in [7, 11) is 0. The summed E-state index contributed by atoms with van der Waals surface area (Å²) in [6.45, 7) is 4.26. The molecule has 2 aliphatic rings. The molecule has 2 N–H and O–H groups in total. The van der Waals surface area contributed by atoms with Crippen LogP contribution in [0, 0.1) is 5.82 Å². The second kappa shape index (κ2) is 11.7. The van der Waals surface area contributed by atoms with E-state index in [1.807, 2.05) is 28.8 Å². The van der Waals surface area contributed by atoms with Gasteiger partial charge in [0.15, 0.2) is 5.78 Å². The van der Waals surface area contributed by atoms with Crippen molar-refractivity contribution in [3.63, 3.8) is 0 Å². The maximum Gasteiger partial charge on any atom is 0.345 e. The molecule has 0 radical (unpaired) electrons. The van der Waals surface area contributed by atoms with E-state index in [-0.39, 0.29) is 35.2 Å². The molecule has 7 nitrogen and oxygen atoms in total. The van der Waals surface area contributed by atoms with E-state index in [2.05, 4.69) is 10.00 Å². The third-order valence-electron chi connectivity index (χ3n) is 7.00. The van der Waals surface area contributed by atoms with Crippen LogP contribution in [0.4, 0.5) is 4.39 Å². The number of rotatable bonds is 6. The number of fused-ring (bicyclic) bond motifs is 1. The zero-order valence-electron chi connectivity index (χ0n) is 19.7. The molecule has 1 aromatic heterocycles. The van der Waals surface area contributed by atoms with E-state index in [1.165, 1.54) is 29.8 Å². The van der Waals surface area contributed by atoms with Crippen molar-refractivity contribution in [2.45, 2.75) is 51.1 Å². The van der Waals surface area contributed by atoms with Gasteiger partial charge in [0.1, 0.15) is 11.6 Å². The molecule has 0 aliphatic carbocycles. The summed E-state index contributed by atoms with van der Waals surface area (Å²) in [4.78, 5) is 27.5. The van der Waals surface area contributed by atoms with Gasteiger partial charge in [0.05, 0.1) is 6.54 Å². The fourth-order valence-corrected chi connectivity index (χ4v) is 4.99. The van der Waals surface area contributed by atoms with Crippen LogP contribution in [0.1, 0.15) is 58.9 Å². The Morgan fingerprint density at radius 1 is 0.914 bits per heavy atom. The predicted octanol–water partition coefficient (Wildman–Crippen LogP) is 3.23. The van der Waals surface area contributed by atoms with Crippen LogP contribution < -0.4 is 5.69 Å². The molecule has 1 fully saturated rings. The second-order valence-electron chi connectivity index (χ2n) is 9.10. The summed E-state index contributed by atoms with van der Waals surface area (Å²) in [6.07, 6.45) is 5.19.